The first kappa shape index (κ1) is 38.5. The highest BCUT2D eigenvalue weighted by atomic mass is 16.7. The summed E-state index contributed by atoms with van der Waals surface area (Å²) in [7, 11) is 1.54. The zero-order valence-corrected chi connectivity index (χ0v) is 31.1. The zero-order chi connectivity index (χ0) is 36.8. The van der Waals surface area contributed by atoms with E-state index >= 15 is 0 Å². The summed E-state index contributed by atoms with van der Waals surface area (Å²) in [5.41, 5.74) is 0.897. The lowest BCUT2D eigenvalue weighted by molar-refractivity contribution is -0.383. The van der Waals surface area contributed by atoms with Crippen LogP contribution in [0, 0.1) is 29.6 Å². The first-order valence-corrected chi connectivity index (χ1v) is 19.3. The maximum Gasteiger partial charge on any atom is 0.329 e. The quantitative estimate of drug-likeness (QED) is 0.289. The SMILES string of the molecule is COC1C=C(/C=C/C2OC(=O)C3CCCCN3C(=O)C3(O)OC(CCC(C)C3=O)C(C)C3CC4OC(CC(O)C2C)(O3)C(C)CC4C)CCC1O. The number of esters is 1. The van der Waals surface area contributed by atoms with Crippen molar-refractivity contribution < 1.29 is 53.4 Å². The average molecular weight is 718 g/mol. The van der Waals surface area contributed by atoms with Crippen molar-refractivity contribution in [1.29, 1.82) is 0 Å². The maximum absolute atomic E-state index is 14.4. The Morgan fingerprint density at radius 3 is 2.37 bits per heavy atom. The third kappa shape index (κ3) is 7.48. The number of carbonyl (C=O) groups is 3. The van der Waals surface area contributed by atoms with E-state index in [1.54, 1.807) is 20.1 Å². The van der Waals surface area contributed by atoms with Crippen molar-refractivity contribution in [3.63, 3.8) is 0 Å². The van der Waals surface area contributed by atoms with Crippen LogP contribution >= 0.6 is 0 Å². The Balaban J connectivity index is 1.41. The number of methoxy groups -OCH3 is 1. The van der Waals surface area contributed by atoms with Gasteiger partial charge in [0.1, 0.15) is 18.2 Å². The molecule has 0 saturated carbocycles. The Labute approximate surface area is 301 Å². The van der Waals surface area contributed by atoms with Gasteiger partial charge in [0.05, 0.1) is 30.5 Å². The number of fused-ring (bicyclic) bond motifs is 5. The van der Waals surface area contributed by atoms with Crippen molar-refractivity contribution >= 4 is 17.7 Å². The van der Waals surface area contributed by atoms with E-state index in [-0.39, 0.29) is 36.8 Å². The summed E-state index contributed by atoms with van der Waals surface area (Å²) in [5, 5.41) is 34.4. The van der Waals surface area contributed by atoms with Crippen LogP contribution in [0.25, 0.3) is 0 Å². The molecule has 51 heavy (non-hydrogen) atoms. The largest absolute Gasteiger partial charge is 0.456 e. The minimum absolute atomic E-state index is 0.0771. The van der Waals surface area contributed by atoms with E-state index in [1.807, 2.05) is 26.0 Å². The number of aliphatic hydroxyl groups is 3. The first-order valence-electron chi connectivity index (χ1n) is 19.3. The number of rotatable bonds is 3. The average Bonchev–Trinajstić information content (AvgIpc) is 3.23. The standard InChI is InChI=1S/C39H59NO11/c1-21-10-14-31-25(5)33-19-32-22(2)17-23(3)38(49-32,50-33)20-29(42)24(4)30(15-12-26-11-13-28(41)34(18-26)47-6)48-36(44)27-9-7-8-16-40(27)37(45)39(46,51-31)35(21)43/h12,15,18,21-25,27-34,41-42,46H,7-11,13-14,16-17,19-20H2,1-6H3/b15-12+. The van der Waals surface area contributed by atoms with Crippen LogP contribution in [0.15, 0.2) is 23.8 Å². The van der Waals surface area contributed by atoms with E-state index in [4.69, 9.17) is 23.7 Å². The number of amides is 1. The van der Waals surface area contributed by atoms with E-state index in [0.29, 0.717) is 51.4 Å². The lowest BCUT2D eigenvalue weighted by atomic mass is 9.75. The highest BCUT2D eigenvalue weighted by Gasteiger charge is 2.58. The number of hydrogen-bond donors (Lipinski definition) is 3. The minimum Gasteiger partial charge on any atom is -0.456 e. The minimum atomic E-state index is -2.76. The van der Waals surface area contributed by atoms with Crippen molar-refractivity contribution in [2.45, 2.75) is 159 Å². The number of ether oxygens (including phenoxy) is 5. The summed E-state index contributed by atoms with van der Waals surface area (Å²) in [5.74, 6) is -7.66. The number of Topliss-reactive ketones (excluding diaryl/α,β-unsaturated/α-hetero) is 1. The summed E-state index contributed by atoms with van der Waals surface area (Å²) < 4.78 is 31.6. The van der Waals surface area contributed by atoms with E-state index < -0.39 is 83.7 Å². The summed E-state index contributed by atoms with van der Waals surface area (Å²) in [6, 6.07) is -1.05. The molecule has 0 aromatic rings. The van der Waals surface area contributed by atoms with Crippen LogP contribution in [-0.2, 0) is 38.1 Å². The third-order valence-corrected chi connectivity index (χ3v) is 12.9. The molecule has 5 bridgehead atoms. The highest BCUT2D eigenvalue weighted by molar-refractivity contribution is 6.09. The van der Waals surface area contributed by atoms with Gasteiger partial charge in [-0.15, -0.1) is 0 Å². The molecule has 5 saturated heterocycles. The van der Waals surface area contributed by atoms with Crippen molar-refractivity contribution in [2.75, 3.05) is 13.7 Å². The Hall–Kier alpha value is -2.19. The number of nitrogens with zero attached hydrogens (tertiary/aromatic N) is 1. The Kier molecular flexibility index (Phi) is 11.5. The van der Waals surface area contributed by atoms with Gasteiger partial charge in [0.25, 0.3) is 5.91 Å². The van der Waals surface area contributed by atoms with E-state index in [2.05, 4.69) is 13.8 Å². The number of piperidine rings is 1. The molecule has 3 N–H and O–H groups in total. The predicted octanol–water partition coefficient (Wildman–Crippen LogP) is 3.59. The van der Waals surface area contributed by atoms with Crippen LogP contribution in [0.2, 0.25) is 0 Å². The molecule has 6 rings (SSSR count). The summed E-state index contributed by atoms with van der Waals surface area (Å²) >= 11 is 0. The van der Waals surface area contributed by atoms with Gasteiger partial charge in [-0.25, -0.2) is 4.79 Å². The van der Waals surface area contributed by atoms with Crippen molar-refractivity contribution in [2.24, 2.45) is 29.6 Å². The number of carbonyl (C=O) groups excluding carboxylic acids is 3. The number of hydrogen-bond acceptors (Lipinski definition) is 11. The molecule has 6 aliphatic rings. The van der Waals surface area contributed by atoms with Crippen LogP contribution in [0.3, 0.4) is 0 Å². The molecule has 0 aromatic heterocycles. The summed E-state index contributed by atoms with van der Waals surface area (Å²) in [4.78, 5) is 43.7. The van der Waals surface area contributed by atoms with Gasteiger partial charge in [-0.05, 0) is 68.9 Å². The lowest BCUT2D eigenvalue weighted by Gasteiger charge is -2.56. The number of cyclic esters (lactones) is 1. The molecule has 5 aliphatic heterocycles. The summed E-state index contributed by atoms with van der Waals surface area (Å²) in [6.07, 6.45) is 6.23. The number of aliphatic hydroxyl groups excluding tert-OH is 2. The van der Waals surface area contributed by atoms with Gasteiger partial charge >= 0.3 is 11.8 Å². The molecule has 12 heteroatoms. The molecule has 1 aliphatic carbocycles. The molecule has 15 unspecified atom stereocenters. The molecule has 5 heterocycles. The molecular weight excluding hydrogens is 658 g/mol. The first-order chi connectivity index (χ1) is 24.2. The smallest absolute Gasteiger partial charge is 0.329 e. The predicted molar refractivity (Wildman–Crippen MR) is 185 cm³/mol. The normalized spacial score (nSPS) is 47.3. The van der Waals surface area contributed by atoms with Gasteiger partial charge in [0.15, 0.2) is 5.79 Å². The van der Waals surface area contributed by atoms with Crippen molar-refractivity contribution in [1.82, 2.24) is 4.90 Å². The van der Waals surface area contributed by atoms with E-state index in [0.717, 1.165) is 12.0 Å². The molecule has 5 fully saturated rings. The van der Waals surface area contributed by atoms with Crippen molar-refractivity contribution in [3.8, 4) is 0 Å². The van der Waals surface area contributed by atoms with Crippen LogP contribution in [0.5, 0.6) is 0 Å². The topological polar surface area (TPSA) is 161 Å². The van der Waals surface area contributed by atoms with Gasteiger partial charge in [0.2, 0.25) is 5.78 Å². The fourth-order valence-corrected chi connectivity index (χ4v) is 9.25. The van der Waals surface area contributed by atoms with Crippen LogP contribution in [0.4, 0.5) is 0 Å². The van der Waals surface area contributed by atoms with Gasteiger partial charge in [0, 0.05) is 50.2 Å². The second-order valence-corrected chi connectivity index (χ2v) is 16.4. The summed E-state index contributed by atoms with van der Waals surface area (Å²) in [6.45, 7) is 9.89. The highest BCUT2D eigenvalue weighted by Crippen LogP contribution is 2.49. The lowest BCUT2D eigenvalue weighted by Crippen LogP contribution is -2.64. The van der Waals surface area contributed by atoms with Gasteiger partial charge in [-0.2, -0.15) is 0 Å². The molecule has 12 nitrogen and oxygen atoms in total. The fourth-order valence-electron chi connectivity index (χ4n) is 9.25. The Bertz CT molecular complexity index is 1370. The number of allylic oxidation sites excluding steroid dienone is 2. The molecular formula is C39H59NO11. The van der Waals surface area contributed by atoms with Crippen LogP contribution in [0.1, 0.15) is 98.8 Å². The molecule has 0 radical (unpaired) electrons. The van der Waals surface area contributed by atoms with E-state index in [1.165, 1.54) is 4.90 Å². The second kappa shape index (κ2) is 15.3. The second-order valence-electron chi connectivity index (χ2n) is 16.4. The van der Waals surface area contributed by atoms with Gasteiger partial charge in [-0.1, -0.05) is 46.8 Å². The molecule has 1 amide bonds. The zero-order valence-electron chi connectivity index (χ0n) is 31.1. The fraction of sp³-hybridized carbons (Fsp3) is 0.821. The maximum atomic E-state index is 14.4. The van der Waals surface area contributed by atoms with Crippen molar-refractivity contribution in [3.05, 3.63) is 23.8 Å². The molecule has 15 atom stereocenters. The Morgan fingerprint density at radius 1 is 0.882 bits per heavy atom. The van der Waals surface area contributed by atoms with Crippen LogP contribution in [-0.4, -0.2) is 112 Å². The monoisotopic (exact) mass is 717 g/mol. The van der Waals surface area contributed by atoms with Gasteiger partial charge in [-0.3, -0.25) is 9.59 Å². The third-order valence-electron chi connectivity index (χ3n) is 12.9. The molecule has 286 valence electrons. The molecule has 1 spiro atoms. The number of ketones is 1. The van der Waals surface area contributed by atoms with Gasteiger partial charge < -0.3 is 43.9 Å². The van der Waals surface area contributed by atoms with E-state index in [9.17, 15) is 29.7 Å². The molecule has 0 aromatic carbocycles. The van der Waals surface area contributed by atoms with Crippen LogP contribution < -0.4 is 0 Å². The Morgan fingerprint density at radius 2 is 1.63 bits per heavy atom.